The Kier molecular flexibility index (Phi) is 8.19. The van der Waals surface area contributed by atoms with Crippen LogP contribution in [0.2, 0.25) is 0 Å². The predicted octanol–water partition coefficient (Wildman–Crippen LogP) is 4.16. The van der Waals surface area contributed by atoms with Crippen LogP contribution in [0.25, 0.3) is 0 Å². The van der Waals surface area contributed by atoms with Crippen molar-refractivity contribution >= 4 is 11.9 Å². The van der Waals surface area contributed by atoms with Gasteiger partial charge in [0.1, 0.15) is 0 Å². The van der Waals surface area contributed by atoms with E-state index in [2.05, 4.69) is 11.8 Å². The molecule has 1 amide bonds. The number of rotatable bonds is 8. The predicted molar refractivity (Wildman–Crippen MR) is 124 cm³/mol. The van der Waals surface area contributed by atoms with Gasteiger partial charge in [-0.2, -0.15) is 8.78 Å². The molecule has 178 valence electrons. The third-order valence-corrected chi connectivity index (χ3v) is 5.83. The third kappa shape index (κ3) is 6.52. The van der Waals surface area contributed by atoms with Gasteiger partial charge in [0, 0.05) is 24.9 Å². The van der Waals surface area contributed by atoms with Crippen LogP contribution in [-0.4, -0.2) is 51.6 Å². The van der Waals surface area contributed by atoms with Gasteiger partial charge in [0.05, 0.1) is 17.7 Å². The Morgan fingerprint density at radius 3 is 2.53 bits per heavy atom. The number of aliphatic hydroxyl groups excluding tert-OH is 1. The van der Waals surface area contributed by atoms with Gasteiger partial charge in [0.25, 0.3) is 5.91 Å². The Labute approximate surface area is 197 Å². The summed E-state index contributed by atoms with van der Waals surface area (Å²) in [5.41, 5.74) is 1.74. The highest BCUT2D eigenvalue weighted by Gasteiger charge is 2.52. The van der Waals surface area contributed by atoms with Crippen molar-refractivity contribution in [1.82, 2.24) is 4.90 Å². The van der Waals surface area contributed by atoms with Crippen molar-refractivity contribution in [3.63, 3.8) is 0 Å². The maximum atomic E-state index is 14.1. The van der Waals surface area contributed by atoms with Crippen LogP contribution >= 0.6 is 0 Å². The molecule has 1 saturated heterocycles. The van der Waals surface area contributed by atoms with Crippen molar-refractivity contribution in [1.29, 1.82) is 0 Å². The zero-order valence-electron chi connectivity index (χ0n) is 18.8. The van der Waals surface area contributed by atoms with Crippen molar-refractivity contribution in [2.75, 3.05) is 6.54 Å². The molecule has 3 rings (SSSR count). The maximum Gasteiger partial charge on any atom is 0.335 e. The Morgan fingerprint density at radius 1 is 1.21 bits per heavy atom. The number of carbonyl (C=O) groups is 2. The van der Waals surface area contributed by atoms with Gasteiger partial charge in [0.2, 0.25) is 0 Å². The van der Waals surface area contributed by atoms with Crippen molar-refractivity contribution in [2.45, 2.75) is 44.3 Å². The van der Waals surface area contributed by atoms with E-state index in [0.717, 1.165) is 16.0 Å². The van der Waals surface area contributed by atoms with E-state index >= 15 is 0 Å². The molecule has 2 aromatic carbocycles. The molecule has 3 atom stereocenters. The molecule has 0 unspecified atom stereocenters. The first-order valence-corrected chi connectivity index (χ1v) is 11.1. The number of hydrogen-bond acceptors (Lipinski definition) is 3. The Hall–Kier alpha value is -3.50. The fourth-order valence-electron chi connectivity index (χ4n) is 3.71. The first-order valence-electron chi connectivity index (χ1n) is 11.1. The second kappa shape index (κ2) is 11.1. The second-order valence-electron chi connectivity index (χ2n) is 8.45. The van der Waals surface area contributed by atoms with E-state index in [0.29, 0.717) is 12.8 Å². The van der Waals surface area contributed by atoms with Crippen LogP contribution in [0.3, 0.4) is 0 Å². The summed E-state index contributed by atoms with van der Waals surface area (Å²) in [6.45, 7) is 1.88. The summed E-state index contributed by atoms with van der Waals surface area (Å²) < 4.78 is 28.3. The molecule has 2 N–H and O–H groups in total. The summed E-state index contributed by atoms with van der Waals surface area (Å²) in [6, 6.07) is 14.7. The first kappa shape index (κ1) is 25.1. The quantitative estimate of drug-likeness (QED) is 0.452. The van der Waals surface area contributed by atoms with Crippen molar-refractivity contribution < 1.29 is 28.6 Å². The monoisotopic (exact) mass is 467 g/mol. The minimum absolute atomic E-state index is 0.0596. The summed E-state index contributed by atoms with van der Waals surface area (Å²) in [6.07, 6.45) is 2.13. The van der Waals surface area contributed by atoms with Crippen LogP contribution in [0.15, 0.2) is 66.7 Å². The zero-order valence-corrected chi connectivity index (χ0v) is 18.8. The number of likely N-dealkylation sites (tertiary alicyclic amines) is 1. The molecule has 7 heteroatoms. The number of amides is 1. The number of aliphatic hydroxyl groups is 1. The number of hydrogen-bond donors (Lipinski definition) is 2. The molecule has 1 aliphatic rings. The lowest BCUT2D eigenvalue weighted by Gasteiger charge is -2.22. The Morgan fingerprint density at radius 2 is 1.88 bits per heavy atom. The number of benzene rings is 2. The summed E-state index contributed by atoms with van der Waals surface area (Å²) in [5.74, 6) is 0.0854. The lowest BCUT2D eigenvalue weighted by Crippen LogP contribution is -2.37. The van der Waals surface area contributed by atoms with E-state index < -0.39 is 36.4 Å². The third-order valence-electron chi connectivity index (χ3n) is 5.83. The van der Waals surface area contributed by atoms with Crippen molar-refractivity contribution in [3.05, 3.63) is 83.4 Å². The van der Waals surface area contributed by atoms with E-state index in [1.165, 1.54) is 24.3 Å². The van der Waals surface area contributed by atoms with Gasteiger partial charge in [-0.3, -0.25) is 4.79 Å². The molecule has 0 spiro atoms. The Balaban J connectivity index is 1.60. The minimum Gasteiger partial charge on any atom is -0.478 e. The molecule has 2 aromatic rings. The van der Waals surface area contributed by atoms with Gasteiger partial charge < -0.3 is 15.1 Å². The fraction of sp³-hybridized carbons (Fsp3) is 0.333. The molecule has 0 saturated carbocycles. The van der Waals surface area contributed by atoms with Gasteiger partial charge >= 0.3 is 11.9 Å². The van der Waals surface area contributed by atoms with Gasteiger partial charge in [-0.1, -0.05) is 61.2 Å². The van der Waals surface area contributed by atoms with E-state index in [4.69, 9.17) is 5.11 Å². The largest absolute Gasteiger partial charge is 0.478 e. The van der Waals surface area contributed by atoms with Gasteiger partial charge in [-0.05, 0) is 42.2 Å². The summed E-state index contributed by atoms with van der Waals surface area (Å²) in [4.78, 5) is 24.3. The normalized spacial score (nSPS) is 19.0. The maximum absolute atomic E-state index is 14.1. The van der Waals surface area contributed by atoms with Crippen LogP contribution in [0.4, 0.5) is 8.78 Å². The molecule has 0 bridgehead atoms. The molecular weight excluding hydrogens is 440 g/mol. The molecule has 1 fully saturated rings. The minimum atomic E-state index is -3.46. The summed E-state index contributed by atoms with van der Waals surface area (Å²) >= 11 is 0. The zero-order chi connectivity index (χ0) is 24.7. The number of halogens is 2. The fourth-order valence-corrected chi connectivity index (χ4v) is 3.71. The van der Waals surface area contributed by atoms with E-state index in [9.17, 15) is 23.5 Å². The first-order chi connectivity index (χ1) is 16.2. The lowest BCUT2D eigenvalue weighted by atomic mass is 9.99. The van der Waals surface area contributed by atoms with Crippen LogP contribution in [0.1, 0.15) is 41.3 Å². The molecule has 0 aromatic heterocycles. The Bertz CT molecular complexity index is 1090. The number of aromatic carboxylic acids is 1. The number of nitrogens with zero attached hydrogens (tertiary/aromatic N) is 1. The smallest absolute Gasteiger partial charge is 0.335 e. The number of carbonyl (C=O) groups excluding carboxylic acids is 1. The van der Waals surface area contributed by atoms with Gasteiger partial charge in [-0.25, -0.2) is 4.79 Å². The average Bonchev–Trinajstić information content (AvgIpc) is 3.04. The topological polar surface area (TPSA) is 77.8 Å². The molecule has 1 heterocycles. The highest BCUT2D eigenvalue weighted by Crippen LogP contribution is 2.34. The summed E-state index contributed by atoms with van der Waals surface area (Å²) in [5, 5.41) is 19.4. The van der Waals surface area contributed by atoms with Crippen molar-refractivity contribution in [2.24, 2.45) is 5.92 Å². The number of carboxylic acids is 1. The van der Waals surface area contributed by atoms with Crippen LogP contribution < -0.4 is 0 Å². The van der Waals surface area contributed by atoms with Crippen LogP contribution in [-0.2, 0) is 11.2 Å². The number of carboxylic acid groups (broad SMARTS) is 1. The van der Waals surface area contributed by atoms with Crippen LogP contribution in [0.5, 0.6) is 0 Å². The molecule has 1 aliphatic heterocycles. The highest BCUT2D eigenvalue weighted by atomic mass is 19.3. The van der Waals surface area contributed by atoms with Crippen molar-refractivity contribution in [3.8, 4) is 11.8 Å². The number of alkyl halides is 2. The standard InChI is InChI=1S/C27H27F2NO4/c1-19(6-5-9-20-7-3-2-4-8-20)24(31)15-14-23-18-27(28,29)26(34)30(23)17-16-21-10-12-22(13-11-21)25(32)33/h2-4,7-8,10-15,19,23-24,31H,6,16-18H2,1H3,(H,32,33)/t19-,23-,24-/m0/s1. The molecule has 0 aliphatic carbocycles. The second-order valence-corrected chi connectivity index (χ2v) is 8.45. The molecule has 0 radical (unpaired) electrons. The molecule has 34 heavy (non-hydrogen) atoms. The molecular formula is C27H27F2NO4. The molecule has 5 nitrogen and oxygen atoms in total. The van der Waals surface area contributed by atoms with E-state index in [1.807, 2.05) is 37.3 Å². The highest BCUT2D eigenvalue weighted by molar-refractivity contribution is 5.87. The van der Waals surface area contributed by atoms with Gasteiger partial charge in [-0.15, -0.1) is 0 Å². The van der Waals surface area contributed by atoms with E-state index in [-0.39, 0.29) is 18.0 Å². The average molecular weight is 468 g/mol. The van der Waals surface area contributed by atoms with Crippen LogP contribution in [0, 0.1) is 17.8 Å². The van der Waals surface area contributed by atoms with Gasteiger partial charge in [0.15, 0.2) is 0 Å². The summed E-state index contributed by atoms with van der Waals surface area (Å²) in [7, 11) is 0. The van der Waals surface area contributed by atoms with E-state index in [1.54, 1.807) is 12.1 Å². The lowest BCUT2D eigenvalue weighted by molar-refractivity contribution is -0.148. The SMILES string of the molecule is C[C@@H](CC#Cc1ccccc1)[C@@H](O)C=C[C@H]1CC(F)(F)C(=O)N1CCc1ccc(C(=O)O)cc1.